The average molecular weight is 428 g/mol. The third-order valence-corrected chi connectivity index (χ3v) is 7.58. The van der Waals surface area contributed by atoms with E-state index in [-0.39, 0.29) is 23.9 Å². The number of sulfonamides is 1. The summed E-state index contributed by atoms with van der Waals surface area (Å²) in [5.74, 6) is -0.884. The molecule has 0 saturated heterocycles. The van der Waals surface area contributed by atoms with E-state index < -0.39 is 23.4 Å². The van der Waals surface area contributed by atoms with Gasteiger partial charge in [0, 0.05) is 5.69 Å². The highest BCUT2D eigenvalue weighted by Crippen LogP contribution is 2.61. The van der Waals surface area contributed by atoms with Gasteiger partial charge in [-0.2, -0.15) is 0 Å². The van der Waals surface area contributed by atoms with E-state index >= 15 is 0 Å². The number of rotatable bonds is 10. The summed E-state index contributed by atoms with van der Waals surface area (Å²) in [5.41, 5.74) is 1.03. The van der Waals surface area contributed by atoms with Crippen LogP contribution in [0.4, 0.5) is 5.69 Å². The summed E-state index contributed by atoms with van der Waals surface area (Å²) < 4.78 is 50.4. The van der Waals surface area contributed by atoms with Crippen molar-refractivity contribution in [1.82, 2.24) is 4.72 Å². The van der Waals surface area contributed by atoms with Crippen LogP contribution in [0.2, 0.25) is 0 Å². The van der Waals surface area contributed by atoms with E-state index in [4.69, 9.17) is 9.05 Å². The summed E-state index contributed by atoms with van der Waals surface area (Å²) >= 11 is 0. The van der Waals surface area contributed by atoms with Gasteiger partial charge in [-0.3, -0.25) is 4.57 Å². The Labute approximate surface area is 165 Å². The Kier molecular flexibility index (Phi) is 7.63. The van der Waals surface area contributed by atoms with Crippen molar-refractivity contribution in [2.75, 3.05) is 25.6 Å². The number of phenolic OH excluding ortho intramolecular Hbond substituents is 1. The summed E-state index contributed by atoms with van der Waals surface area (Å²) in [5, 5.41) is 12.9. The van der Waals surface area contributed by atoms with Crippen molar-refractivity contribution in [2.24, 2.45) is 0 Å². The maximum absolute atomic E-state index is 13.4. The number of hydrogen-bond donors (Lipinski definition) is 3. The quantitative estimate of drug-likeness (QED) is 0.495. The minimum atomic E-state index is -3.64. The molecule has 28 heavy (non-hydrogen) atoms. The molecule has 154 valence electrons. The molecule has 0 radical (unpaired) electrons. The lowest BCUT2D eigenvalue weighted by Crippen LogP contribution is -2.18. The van der Waals surface area contributed by atoms with Crippen LogP contribution in [-0.2, 0) is 23.6 Å². The SMILES string of the molecule is CCOP(=O)(OCC)C(Nc1ccc(S(=O)(=O)NC)cc1)c1cccc(O)c1. The van der Waals surface area contributed by atoms with Crippen LogP contribution in [0, 0.1) is 0 Å². The molecule has 2 aromatic rings. The standard InChI is InChI=1S/C18H25N2O6PS/c1-4-25-27(22,26-5-2)18(14-7-6-8-16(21)13-14)20-15-9-11-17(12-10-15)28(23,24)19-3/h6-13,18-21H,4-5H2,1-3H3. The summed E-state index contributed by atoms with van der Waals surface area (Å²) in [6, 6.07) is 12.3. The van der Waals surface area contributed by atoms with Gasteiger partial charge in [0.2, 0.25) is 10.0 Å². The maximum atomic E-state index is 13.4. The van der Waals surface area contributed by atoms with E-state index in [0.29, 0.717) is 11.3 Å². The second kappa shape index (κ2) is 9.54. The zero-order valence-electron chi connectivity index (χ0n) is 16.0. The fourth-order valence-electron chi connectivity index (χ4n) is 2.59. The average Bonchev–Trinajstić information content (AvgIpc) is 2.67. The number of benzene rings is 2. The lowest BCUT2D eigenvalue weighted by atomic mass is 10.2. The van der Waals surface area contributed by atoms with E-state index in [0.717, 1.165) is 0 Å². The second-order valence-corrected chi connectivity index (χ2v) is 9.75. The van der Waals surface area contributed by atoms with Crippen molar-refractivity contribution >= 4 is 23.3 Å². The Morgan fingerprint density at radius 2 is 1.68 bits per heavy atom. The monoisotopic (exact) mass is 428 g/mol. The third kappa shape index (κ3) is 5.33. The minimum Gasteiger partial charge on any atom is -0.508 e. The first-order valence-corrected chi connectivity index (χ1v) is 11.8. The smallest absolute Gasteiger partial charge is 0.357 e. The highest BCUT2D eigenvalue weighted by Gasteiger charge is 2.37. The molecule has 0 aliphatic rings. The first kappa shape index (κ1) is 22.4. The van der Waals surface area contributed by atoms with Gasteiger partial charge in [-0.15, -0.1) is 0 Å². The molecule has 0 heterocycles. The lowest BCUT2D eigenvalue weighted by Gasteiger charge is -2.28. The van der Waals surface area contributed by atoms with Gasteiger partial charge in [0.05, 0.1) is 18.1 Å². The summed E-state index contributed by atoms with van der Waals surface area (Å²) in [6.45, 7) is 3.77. The van der Waals surface area contributed by atoms with Gasteiger partial charge < -0.3 is 19.5 Å². The van der Waals surface area contributed by atoms with E-state index in [9.17, 15) is 18.1 Å². The summed E-state index contributed by atoms with van der Waals surface area (Å²) in [4.78, 5) is 0.104. The Morgan fingerprint density at radius 1 is 1.07 bits per heavy atom. The molecule has 8 nitrogen and oxygen atoms in total. The molecule has 0 fully saturated rings. The molecule has 0 aliphatic carbocycles. The summed E-state index contributed by atoms with van der Waals surface area (Å²) in [6.07, 6.45) is 0. The first-order valence-electron chi connectivity index (χ1n) is 8.73. The van der Waals surface area contributed by atoms with Crippen molar-refractivity contribution in [3.8, 4) is 5.75 Å². The van der Waals surface area contributed by atoms with Gasteiger partial charge in [-0.1, -0.05) is 12.1 Å². The highest BCUT2D eigenvalue weighted by atomic mass is 32.2. The molecule has 1 unspecified atom stereocenters. The van der Waals surface area contributed by atoms with Gasteiger partial charge in [0.15, 0.2) is 5.78 Å². The van der Waals surface area contributed by atoms with Crippen molar-refractivity contribution in [3.63, 3.8) is 0 Å². The molecular weight excluding hydrogens is 403 g/mol. The Hall–Kier alpha value is -1.90. The zero-order chi connectivity index (χ0) is 20.8. The maximum Gasteiger partial charge on any atom is 0.357 e. The largest absolute Gasteiger partial charge is 0.508 e. The number of hydrogen-bond acceptors (Lipinski definition) is 7. The Balaban J connectivity index is 2.44. The lowest BCUT2D eigenvalue weighted by molar-refractivity contribution is 0.214. The minimum absolute atomic E-state index is 0.0132. The molecular formula is C18H25N2O6PS. The highest BCUT2D eigenvalue weighted by molar-refractivity contribution is 7.89. The third-order valence-electron chi connectivity index (χ3n) is 3.86. The van der Waals surface area contributed by atoms with Gasteiger partial charge in [-0.25, -0.2) is 13.1 Å². The molecule has 1 atom stereocenters. The summed E-state index contributed by atoms with van der Waals surface area (Å²) in [7, 11) is -5.87. The zero-order valence-corrected chi connectivity index (χ0v) is 17.7. The van der Waals surface area contributed by atoms with Crippen LogP contribution in [0.3, 0.4) is 0 Å². The number of anilines is 1. The van der Waals surface area contributed by atoms with E-state index in [1.54, 1.807) is 38.1 Å². The second-order valence-electron chi connectivity index (χ2n) is 5.75. The van der Waals surface area contributed by atoms with Crippen molar-refractivity contribution in [3.05, 3.63) is 54.1 Å². The van der Waals surface area contributed by atoms with Gasteiger partial charge in [-0.05, 0) is 62.9 Å². The Morgan fingerprint density at radius 3 is 2.18 bits per heavy atom. The van der Waals surface area contributed by atoms with Crippen LogP contribution in [0.1, 0.15) is 25.2 Å². The van der Waals surface area contributed by atoms with Crippen LogP contribution in [0.25, 0.3) is 0 Å². The molecule has 0 aliphatic heterocycles. The normalized spacial score (nSPS) is 13.2. The van der Waals surface area contributed by atoms with Crippen molar-refractivity contribution in [2.45, 2.75) is 24.5 Å². The molecule has 2 aromatic carbocycles. The van der Waals surface area contributed by atoms with E-state index in [2.05, 4.69) is 10.0 Å². The van der Waals surface area contributed by atoms with Crippen LogP contribution in [0.15, 0.2) is 53.4 Å². The predicted molar refractivity (Wildman–Crippen MR) is 108 cm³/mol. The van der Waals surface area contributed by atoms with E-state index in [1.807, 2.05) is 0 Å². The predicted octanol–water partition coefficient (Wildman–Crippen LogP) is 3.68. The molecule has 0 spiro atoms. The number of aromatic hydroxyl groups is 1. The van der Waals surface area contributed by atoms with Crippen LogP contribution in [0.5, 0.6) is 5.75 Å². The van der Waals surface area contributed by atoms with Gasteiger partial charge in [0.25, 0.3) is 0 Å². The molecule has 0 saturated carbocycles. The van der Waals surface area contributed by atoms with Crippen LogP contribution >= 0.6 is 7.60 Å². The van der Waals surface area contributed by atoms with Crippen LogP contribution in [-0.4, -0.2) is 33.8 Å². The molecule has 3 N–H and O–H groups in total. The molecule has 0 bridgehead atoms. The number of phenols is 1. The fourth-order valence-corrected chi connectivity index (χ4v) is 5.25. The first-order chi connectivity index (χ1) is 13.3. The van der Waals surface area contributed by atoms with Crippen molar-refractivity contribution in [1.29, 1.82) is 0 Å². The van der Waals surface area contributed by atoms with Gasteiger partial charge in [0.1, 0.15) is 5.75 Å². The Bertz CT molecular complexity index is 923. The van der Waals surface area contributed by atoms with Crippen molar-refractivity contribution < 1.29 is 27.1 Å². The number of nitrogens with one attached hydrogen (secondary N) is 2. The van der Waals surface area contributed by atoms with E-state index in [1.165, 1.54) is 31.3 Å². The molecule has 0 amide bonds. The fraction of sp³-hybridized carbons (Fsp3) is 0.333. The van der Waals surface area contributed by atoms with Gasteiger partial charge >= 0.3 is 7.60 Å². The van der Waals surface area contributed by atoms with Crippen LogP contribution < -0.4 is 10.0 Å². The molecule has 2 rings (SSSR count). The topological polar surface area (TPSA) is 114 Å². The molecule has 10 heteroatoms. The molecule has 0 aromatic heterocycles.